The molecule has 1 N–H and O–H groups in total. The van der Waals surface area contributed by atoms with Crippen LogP contribution in [-0.4, -0.2) is 22.8 Å². The predicted octanol–water partition coefficient (Wildman–Crippen LogP) is 6.21. The van der Waals surface area contributed by atoms with Crippen molar-refractivity contribution in [3.63, 3.8) is 0 Å². The molecule has 4 heterocycles. The van der Waals surface area contributed by atoms with E-state index >= 15 is 0 Å². The first-order chi connectivity index (χ1) is 17.1. The van der Waals surface area contributed by atoms with Crippen molar-refractivity contribution in [3.05, 3.63) is 89.4 Å². The third-order valence-corrected chi connectivity index (χ3v) is 6.65. The minimum atomic E-state index is -0.326. The average Bonchev–Trinajstić information content (AvgIpc) is 3.64. The Morgan fingerprint density at radius 1 is 1.03 bits per heavy atom. The second-order valence-corrected chi connectivity index (χ2v) is 8.94. The van der Waals surface area contributed by atoms with Crippen LogP contribution in [0.15, 0.2) is 71.1 Å². The lowest BCUT2D eigenvalue weighted by molar-refractivity contribution is 0.339. The van der Waals surface area contributed by atoms with Gasteiger partial charge in [-0.1, -0.05) is 18.2 Å². The predicted molar refractivity (Wildman–Crippen MR) is 131 cm³/mol. The summed E-state index contributed by atoms with van der Waals surface area (Å²) in [4.78, 5) is 4.78. The van der Waals surface area contributed by atoms with Gasteiger partial charge in [-0.25, -0.2) is 9.37 Å². The van der Waals surface area contributed by atoms with E-state index in [-0.39, 0.29) is 11.9 Å². The molecule has 3 aromatic carbocycles. The summed E-state index contributed by atoms with van der Waals surface area (Å²) in [5, 5.41) is 3.59. The van der Waals surface area contributed by atoms with Crippen molar-refractivity contribution >= 4 is 16.7 Å². The van der Waals surface area contributed by atoms with Gasteiger partial charge in [-0.3, -0.25) is 4.57 Å². The number of anilines is 1. The summed E-state index contributed by atoms with van der Waals surface area (Å²) in [6, 6.07) is 20.6. The van der Waals surface area contributed by atoms with Crippen LogP contribution in [0.1, 0.15) is 22.9 Å². The first kappa shape index (κ1) is 20.1. The van der Waals surface area contributed by atoms with Crippen molar-refractivity contribution in [1.29, 1.82) is 0 Å². The first-order valence-corrected chi connectivity index (χ1v) is 11.7. The Bertz CT molecular complexity index is 1600. The number of hydrogen-bond acceptors (Lipinski definition) is 5. The molecule has 2 aliphatic rings. The number of aromatic nitrogens is 2. The van der Waals surface area contributed by atoms with Crippen LogP contribution in [-0.2, 0) is 6.42 Å². The van der Waals surface area contributed by atoms with E-state index < -0.39 is 0 Å². The first-order valence-electron chi connectivity index (χ1n) is 11.7. The lowest BCUT2D eigenvalue weighted by Crippen LogP contribution is -2.11. The number of imidazole rings is 1. The molecule has 1 atom stereocenters. The number of para-hydroxylation sites is 1. The number of furan rings is 1. The Labute approximate surface area is 200 Å². The van der Waals surface area contributed by atoms with Crippen LogP contribution in [0.3, 0.4) is 0 Å². The summed E-state index contributed by atoms with van der Waals surface area (Å²) in [5.74, 6) is 3.35. The molecule has 7 heteroatoms. The summed E-state index contributed by atoms with van der Waals surface area (Å²) in [7, 11) is 0. The molecule has 0 amide bonds. The molecule has 0 saturated carbocycles. The van der Waals surface area contributed by atoms with Gasteiger partial charge in [-0.2, -0.15) is 0 Å². The molecule has 0 radical (unpaired) electrons. The molecular weight excluding hydrogens is 445 g/mol. The second kappa shape index (κ2) is 7.63. The highest BCUT2D eigenvalue weighted by Crippen LogP contribution is 2.42. The Kier molecular flexibility index (Phi) is 4.39. The Morgan fingerprint density at radius 2 is 1.97 bits per heavy atom. The van der Waals surface area contributed by atoms with Crippen LogP contribution < -0.4 is 14.8 Å². The molecule has 0 aliphatic carbocycles. The fourth-order valence-corrected chi connectivity index (χ4v) is 5.00. The van der Waals surface area contributed by atoms with E-state index in [0.29, 0.717) is 29.2 Å². The lowest BCUT2D eigenvalue weighted by atomic mass is 10.1. The van der Waals surface area contributed by atoms with Crippen LogP contribution in [0.5, 0.6) is 11.5 Å². The summed E-state index contributed by atoms with van der Waals surface area (Å²) in [5.41, 5.74) is 5.38. The highest BCUT2D eigenvalue weighted by atomic mass is 19.1. The number of nitrogens with one attached hydrogen (secondary N) is 1. The van der Waals surface area contributed by atoms with Gasteiger partial charge in [0.1, 0.15) is 29.7 Å². The SMILES string of the molecule is Cc1ccc(-c2nc3ccc(F)cc3n2-c2cccc3c2OC[C@H]3Nc2ccc3c(c2)OCC3)o1. The minimum Gasteiger partial charge on any atom is -0.493 e. The van der Waals surface area contributed by atoms with E-state index in [1.807, 2.05) is 41.8 Å². The van der Waals surface area contributed by atoms with Gasteiger partial charge in [0.05, 0.1) is 29.4 Å². The molecule has 0 fully saturated rings. The summed E-state index contributed by atoms with van der Waals surface area (Å²) in [6.07, 6.45) is 0.950. The molecule has 5 aromatic rings. The zero-order chi connectivity index (χ0) is 23.5. The van der Waals surface area contributed by atoms with Gasteiger partial charge in [-0.05, 0) is 48.9 Å². The number of rotatable bonds is 4. The van der Waals surface area contributed by atoms with Gasteiger partial charge < -0.3 is 19.2 Å². The smallest absolute Gasteiger partial charge is 0.182 e. The van der Waals surface area contributed by atoms with Gasteiger partial charge in [0.2, 0.25) is 0 Å². The molecule has 2 aromatic heterocycles. The molecular formula is C28H22FN3O3. The van der Waals surface area contributed by atoms with E-state index in [9.17, 15) is 4.39 Å². The van der Waals surface area contributed by atoms with Gasteiger partial charge in [0, 0.05) is 29.8 Å². The number of nitrogens with zero attached hydrogens (tertiary/aromatic N) is 2. The van der Waals surface area contributed by atoms with E-state index in [2.05, 4.69) is 23.5 Å². The lowest BCUT2D eigenvalue weighted by Gasteiger charge is -2.15. The number of aryl methyl sites for hydroxylation is 1. The molecule has 6 nitrogen and oxygen atoms in total. The largest absolute Gasteiger partial charge is 0.493 e. The monoisotopic (exact) mass is 467 g/mol. The molecule has 0 bridgehead atoms. The highest BCUT2D eigenvalue weighted by molar-refractivity contribution is 5.83. The Morgan fingerprint density at radius 3 is 2.86 bits per heavy atom. The van der Waals surface area contributed by atoms with Crippen molar-refractivity contribution in [2.45, 2.75) is 19.4 Å². The Balaban J connectivity index is 1.34. The number of halogens is 1. The van der Waals surface area contributed by atoms with Crippen molar-refractivity contribution in [2.24, 2.45) is 0 Å². The molecule has 7 rings (SSSR count). The summed E-state index contributed by atoms with van der Waals surface area (Å²) in [6.45, 7) is 3.09. The van der Waals surface area contributed by atoms with Crippen molar-refractivity contribution in [1.82, 2.24) is 9.55 Å². The molecule has 174 valence electrons. The van der Waals surface area contributed by atoms with Crippen molar-refractivity contribution in [3.8, 4) is 28.8 Å². The van der Waals surface area contributed by atoms with Crippen LogP contribution in [0.25, 0.3) is 28.3 Å². The molecule has 35 heavy (non-hydrogen) atoms. The second-order valence-electron chi connectivity index (χ2n) is 8.94. The molecule has 2 aliphatic heterocycles. The van der Waals surface area contributed by atoms with Crippen LogP contribution >= 0.6 is 0 Å². The van der Waals surface area contributed by atoms with Crippen molar-refractivity contribution < 1.29 is 18.3 Å². The van der Waals surface area contributed by atoms with E-state index in [4.69, 9.17) is 18.9 Å². The molecule has 0 spiro atoms. The van der Waals surface area contributed by atoms with Crippen LogP contribution in [0, 0.1) is 12.7 Å². The maximum Gasteiger partial charge on any atom is 0.182 e. The van der Waals surface area contributed by atoms with Gasteiger partial charge in [-0.15, -0.1) is 0 Å². The maximum atomic E-state index is 14.3. The zero-order valence-corrected chi connectivity index (χ0v) is 19.0. The van der Waals surface area contributed by atoms with Gasteiger partial charge in [0.15, 0.2) is 11.6 Å². The van der Waals surface area contributed by atoms with E-state index in [1.54, 1.807) is 6.07 Å². The maximum absolute atomic E-state index is 14.3. The topological polar surface area (TPSA) is 61.5 Å². The standard InChI is InChI=1S/C28H22FN3O3/c1-16-5-10-25(35-16)28-31-21-9-7-18(29)13-24(21)32(28)23-4-2-3-20-22(15-34-27(20)23)30-19-8-6-17-11-12-33-26(17)14-19/h2-10,13-14,22,30H,11-12,15H2,1H3/t22-/m1/s1. The van der Waals surface area contributed by atoms with E-state index in [0.717, 1.165) is 47.2 Å². The third-order valence-electron chi connectivity index (χ3n) is 6.65. The zero-order valence-electron chi connectivity index (χ0n) is 19.0. The Hall–Kier alpha value is -4.26. The summed E-state index contributed by atoms with van der Waals surface area (Å²) < 4.78 is 34.1. The number of benzene rings is 3. The van der Waals surface area contributed by atoms with Gasteiger partial charge in [0.25, 0.3) is 0 Å². The third kappa shape index (κ3) is 3.26. The van der Waals surface area contributed by atoms with Crippen molar-refractivity contribution in [2.75, 3.05) is 18.5 Å². The van der Waals surface area contributed by atoms with Gasteiger partial charge >= 0.3 is 0 Å². The quantitative estimate of drug-likeness (QED) is 0.340. The molecule has 0 saturated heterocycles. The number of hydrogen-bond donors (Lipinski definition) is 1. The normalized spacial score (nSPS) is 16.1. The van der Waals surface area contributed by atoms with E-state index in [1.165, 1.54) is 17.7 Å². The molecule has 0 unspecified atom stereocenters. The van der Waals surface area contributed by atoms with Crippen LogP contribution in [0.2, 0.25) is 0 Å². The number of ether oxygens (including phenoxy) is 2. The minimum absolute atomic E-state index is 0.0368. The number of fused-ring (bicyclic) bond motifs is 3. The van der Waals surface area contributed by atoms with Crippen LogP contribution in [0.4, 0.5) is 10.1 Å². The highest BCUT2D eigenvalue weighted by Gasteiger charge is 2.29. The summed E-state index contributed by atoms with van der Waals surface area (Å²) >= 11 is 0. The fraction of sp³-hybridized carbons (Fsp3) is 0.179. The average molecular weight is 468 g/mol. The fourth-order valence-electron chi connectivity index (χ4n) is 5.00.